The van der Waals surface area contributed by atoms with Crippen molar-refractivity contribution >= 4 is 21.6 Å². The average molecular weight is 254 g/mol. The summed E-state index contributed by atoms with van der Waals surface area (Å²) in [6, 6.07) is 0. The zero-order valence-electron chi connectivity index (χ0n) is 9.26. The molecule has 1 rings (SSSR count). The van der Waals surface area contributed by atoms with Crippen molar-refractivity contribution in [3.63, 3.8) is 0 Å². The smallest absolute Gasteiger partial charge is 0.211 e. The molecule has 1 aliphatic carbocycles. The summed E-state index contributed by atoms with van der Waals surface area (Å²) in [4.78, 5) is 0. The molecule has 0 aromatic rings. The van der Waals surface area contributed by atoms with Gasteiger partial charge in [0.25, 0.3) is 0 Å². The highest BCUT2D eigenvalue weighted by Gasteiger charge is 2.32. The van der Waals surface area contributed by atoms with Gasteiger partial charge in [0.2, 0.25) is 10.0 Å². The number of rotatable bonds is 5. The summed E-state index contributed by atoms with van der Waals surface area (Å²) < 4.78 is 25.3. The molecule has 1 saturated carbocycles. The summed E-state index contributed by atoms with van der Waals surface area (Å²) in [7, 11) is -3.08. The molecule has 0 saturated heterocycles. The Kier molecular flexibility index (Phi) is 4.87. The van der Waals surface area contributed by atoms with E-state index in [-0.39, 0.29) is 11.2 Å². The average Bonchev–Trinajstić information content (AvgIpc) is 2.28. The van der Waals surface area contributed by atoms with Gasteiger partial charge >= 0.3 is 0 Å². The van der Waals surface area contributed by atoms with E-state index in [1.807, 2.05) is 0 Å². The van der Waals surface area contributed by atoms with E-state index >= 15 is 0 Å². The molecule has 0 radical (unpaired) electrons. The summed E-state index contributed by atoms with van der Waals surface area (Å²) in [6.07, 6.45) is 5.67. The van der Waals surface area contributed by atoms with Gasteiger partial charge in [0, 0.05) is 12.4 Å². The maximum absolute atomic E-state index is 11.3. The molecule has 15 heavy (non-hydrogen) atoms. The molecule has 0 bridgehead atoms. The van der Waals surface area contributed by atoms with E-state index in [0.29, 0.717) is 12.4 Å². The molecule has 90 valence electrons. The minimum atomic E-state index is -3.08. The number of hydrogen-bond acceptors (Lipinski definition) is 2. The van der Waals surface area contributed by atoms with E-state index in [4.69, 9.17) is 11.6 Å². The van der Waals surface area contributed by atoms with Crippen molar-refractivity contribution < 1.29 is 8.42 Å². The molecular formula is C10H20ClNO2S. The van der Waals surface area contributed by atoms with Gasteiger partial charge in [-0.25, -0.2) is 13.1 Å². The van der Waals surface area contributed by atoms with Gasteiger partial charge in [0.05, 0.1) is 5.75 Å². The second-order valence-electron chi connectivity index (χ2n) is 4.42. The molecule has 5 heteroatoms. The van der Waals surface area contributed by atoms with Crippen LogP contribution in [0.5, 0.6) is 0 Å². The van der Waals surface area contributed by atoms with Crippen LogP contribution in [0.2, 0.25) is 0 Å². The van der Waals surface area contributed by atoms with Gasteiger partial charge in [0.15, 0.2) is 0 Å². The SMILES string of the molecule is CCS(=O)(=O)NCC1(CCl)CCCCC1. The zero-order chi connectivity index (χ0) is 11.4. The van der Waals surface area contributed by atoms with Crippen LogP contribution < -0.4 is 4.72 Å². The first-order valence-electron chi connectivity index (χ1n) is 5.57. The maximum atomic E-state index is 11.3. The molecule has 3 nitrogen and oxygen atoms in total. The lowest BCUT2D eigenvalue weighted by Crippen LogP contribution is -2.40. The Balaban J connectivity index is 2.53. The van der Waals surface area contributed by atoms with Gasteiger partial charge < -0.3 is 0 Å². The Morgan fingerprint density at radius 3 is 2.33 bits per heavy atom. The highest BCUT2D eigenvalue weighted by molar-refractivity contribution is 7.89. The van der Waals surface area contributed by atoms with Gasteiger partial charge in [-0.2, -0.15) is 0 Å². The fraction of sp³-hybridized carbons (Fsp3) is 1.00. The van der Waals surface area contributed by atoms with Crippen molar-refractivity contribution in [2.75, 3.05) is 18.2 Å². The largest absolute Gasteiger partial charge is 0.215 e. The molecule has 0 amide bonds. The van der Waals surface area contributed by atoms with Gasteiger partial charge in [-0.15, -0.1) is 11.6 Å². The summed E-state index contributed by atoms with van der Waals surface area (Å²) in [5.41, 5.74) is 0.00203. The summed E-state index contributed by atoms with van der Waals surface area (Å²) >= 11 is 5.97. The number of nitrogens with one attached hydrogen (secondary N) is 1. The monoisotopic (exact) mass is 253 g/mol. The van der Waals surface area contributed by atoms with Crippen molar-refractivity contribution in [3.05, 3.63) is 0 Å². The van der Waals surface area contributed by atoms with Crippen LogP contribution >= 0.6 is 11.6 Å². The predicted molar refractivity (Wildman–Crippen MR) is 63.7 cm³/mol. The van der Waals surface area contributed by atoms with Crippen molar-refractivity contribution in [2.24, 2.45) is 5.41 Å². The van der Waals surface area contributed by atoms with Gasteiger partial charge in [-0.1, -0.05) is 19.3 Å². The second-order valence-corrected chi connectivity index (χ2v) is 6.78. The van der Waals surface area contributed by atoms with Crippen LogP contribution in [0.4, 0.5) is 0 Å². The topological polar surface area (TPSA) is 46.2 Å². The minimum Gasteiger partial charge on any atom is -0.215 e. The van der Waals surface area contributed by atoms with E-state index in [9.17, 15) is 8.42 Å². The van der Waals surface area contributed by atoms with Crippen LogP contribution in [0.3, 0.4) is 0 Å². The molecule has 0 heterocycles. The molecular weight excluding hydrogens is 234 g/mol. The normalized spacial score (nSPS) is 21.5. The van der Waals surface area contributed by atoms with Gasteiger partial charge in [-0.05, 0) is 25.2 Å². The van der Waals surface area contributed by atoms with Crippen molar-refractivity contribution in [3.8, 4) is 0 Å². The lowest BCUT2D eigenvalue weighted by atomic mass is 9.76. The fourth-order valence-corrected chi connectivity index (χ4v) is 3.12. The first kappa shape index (κ1) is 13.3. The van der Waals surface area contributed by atoms with Crippen LogP contribution in [0.15, 0.2) is 0 Å². The predicted octanol–water partition coefficient (Wildman–Crippen LogP) is 2.12. The lowest BCUT2D eigenvalue weighted by Gasteiger charge is -2.35. The third-order valence-electron chi connectivity index (χ3n) is 3.24. The maximum Gasteiger partial charge on any atom is 0.211 e. The Hall–Kier alpha value is 0.200. The van der Waals surface area contributed by atoms with Crippen LogP contribution in [0, 0.1) is 5.41 Å². The second kappa shape index (κ2) is 5.51. The number of hydrogen-bond donors (Lipinski definition) is 1. The Bertz CT molecular complexity index is 284. The third kappa shape index (κ3) is 3.93. The van der Waals surface area contributed by atoms with Gasteiger partial charge in [0.1, 0.15) is 0 Å². The van der Waals surface area contributed by atoms with E-state index in [2.05, 4.69) is 4.72 Å². The zero-order valence-corrected chi connectivity index (χ0v) is 10.8. The Morgan fingerprint density at radius 1 is 1.27 bits per heavy atom. The number of halogens is 1. The first-order valence-corrected chi connectivity index (χ1v) is 7.76. The minimum absolute atomic E-state index is 0.00203. The lowest BCUT2D eigenvalue weighted by molar-refractivity contribution is 0.223. The number of alkyl halides is 1. The fourth-order valence-electron chi connectivity index (χ4n) is 2.02. The van der Waals surface area contributed by atoms with E-state index in [1.165, 1.54) is 19.3 Å². The van der Waals surface area contributed by atoms with E-state index in [0.717, 1.165) is 12.8 Å². The van der Waals surface area contributed by atoms with Crippen molar-refractivity contribution in [1.29, 1.82) is 0 Å². The summed E-state index contributed by atoms with van der Waals surface area (Å²) in [5, 5.41) is 0. The molecule has 0 atom stereocenters. The Labute approximate surface area is 97.6 Å². The highest BCUT2D eigenvalue weighted by Crippen LogP contribution is 2.36. The van der Waals surface area contributed by atoms with E-state index < -0.39 is 10.0 Å². The molecule has 0 aromatic carbocycles. The summed E-state index contributed by atoms with van der Waals surface area (Å²) in [6.45, 7) is 2.16. The quantitative estimate of drug-likeness (QED) is 0.763. The van der Waals surface area contributed by atoms with Crippen LogP contribution in [0.25, 0.3) is 0 Å². The van der Waals surface area contributed by atoms with Crippen LogP contribution in [0.1, 0.15) is 39.0 Å². The molecule has 0 aromatic heterocycles. The molecule has 1 N–H and O–H groups in total. The third-order valence-corrected chi connectivity index (χ3v) is 5.16. The Morgan fingerprint density at radius 2 is 1.87 bits per heavy atom. The summed E-state index contributed by atoms with van der Waals surface area (Å²) in [5.74, 6) is 0.699. The molecule has 0 unspecified atom stereocenters. The number of sulfonamides is 1. The molecule has 0 spiro atoms. The molecule has 1 fully saturated rings. The van der Waals surface area contributed by atoms with Crippen molar-refractivity contribution in [1.82, 2.24) is 4.72 Å². The standard InChI is InChI=1S/C10H20ClNO2S/c1-2-15(13,14)12-9-10(8-11)6-4-3-5-7-10/h12H,2-9H2,1H3. The van der Waals surface area contributed by atoms with E-state index in [1.54, 1.807) is 6.92 Å². The first-order chi connectivity index (χ1) is 7.04. The van der Waals surface area contributed by atoms with Crippen molar-refractivity contribution in [2.45, 2.75) is 39.0 Å². The molecule has 0 aliphatic heterocycles. The van der Waals surface area contributed by atoms with Gasteiger partial charge in [-0.3, -0.25) is 0 Å². The highest BCUT2D eigenvalue weighted by atomic mass is 35.5. The molecule has 1 aliphatic rings. The van der Waals surface area contributed by atoms with Crippen LogP contribution in [-0.4, -0.2) is 26.6 Å². The van der Waals surface area contributed by atoms with Crippen LogP contribution in [-0.2, 0) is 10.0 Å².